The standard InChI is InChI=1S/C30H37F2N5O4/c1-36-11-7-30(8-12-36)9-13-37(14-10-30)23-6-5-20(15-24(23)38-2)35-29-33-17-21(18-34-29)41-19-22-27(31)25(39-3)16-26(40-4)28(22)32/h5-6,15-18H,7-14,19H2,1-4H3,(H,33,34,35). The van der Waals surface area contributed by atoms with Crippen molar-refractivity contribution in [1.82, 2.24) is 14.9 Å². The van der Waals surface area contributed by atoms with Gasteiger partial charge in [-0.3, -0.25) is 0 Å². The van der Waals surface area contributed by atoms with Crippen LogP contribution in [0.5, 0.6) is 23.0 Å². The summed E-state index contributed by atoms with van der Waals surface area (Å²) >= 11 is 0. The molecule has 11 heteroatoms. The molecule has 0 amide bonds. The third-order valence-electron chi connectivity index (χ3n) is 8.32. The second-order valence-corrected chi connectivity index (χ2v) is 10.7. The number of hydrogen-bond acceptors (Lipinski definition) is 9. The molecule has 220 valence electrons. The zero-order chi connectivity index (χ0) is 29.0. The van der Waals surface area contributed by atoms with E-state index in [2.05, 4.69) is 38.2 Å². The van der Waals surface area contributed by atoms with Gasteiger partial charge in [-0.2, -0.15) is 0 Å². The van der Waals surface area contributed by atoms with Crippen LogP contribution in [-0.2, 0) is 6.61 Å². The highest BCUT2D eigenvalue weighted by Gasteiger charge is 2.37. The number of anilines is 3. The molecule has 5 rings (SSSR count). The third-order valence-corrected chi connectivity index (χ3v) is 8.32. The van der Waals surface area contributed by atoms with Crippen molar-refractivity contribution in [2.24, 2.45) is 5.41 Å². The van der Waals surface area contributed by atoms with E-state index in [1.165, 1.54) is 65.4 Å². The molecule has 0 bridgehead atoms. The van der Waals surface area contributed by atoms with Crippen LogP contribution in [0.1, 0.15) is 31.2 Å². The molecule has 1 spiro atoms. The van der Waals surface area contributed by atoms with E-state index < -0.39 is 18.2 Å². The topological polar surface area (TPSA) is 81.2 Å². The Morgan fingerprint density at radius 3 is 2.00 bits per heavy atom. The Morgan fingerprint density at radius 1 is 0.829 bits per heavy atom. The van der Waals surface area contributed by atoms with E-state index in [1.54, 1.807) is 7.11 Å². The fourth-order valence-electron chi connectivity index (χ4n) is 5.63. The molecule has 2 saturated heterocycles. The van der Waals surface area contributed by atoms with Crippen LogP contribution < -0.4 is 29.2 Å². The fourth-order valence-corrected chi connectivity index (χ4v) is 5.63. The zero-order valence-corrected chi connectivity index (χ0v) is 24.0. The number of nitrogens with one attached hydrogen (secondary N) is 1. The monoisotopic (exact) mass is 569 g/mol. The van der Waals surface area contributed by atoms with Gasteiger partial charge in [0, 0.05) is 30.9 Å². The molecule has 0 atom stereocenters. The molecule has 1 N–H and O–H groups in total. The Kier molecular flexibility index (Phi) is 8.63. The van der Waals surface area contributed by atoms with Crippen molar-refractivity contribution in [2.75, 3.05) is 64.8 Å². The lowest BCUT2D eigenvalue weighted by Gasteiger charge is -2.47. The second-order valence-electron chi connectivity index (χ2n) is 10.7. The predicted octanol–water partition coefficient (Wildman–Crippen LogP) is 5.42. The van der Waals surface area contributed by atoms with Gasteiger partial charge in [0.05, 0.1) is 45.0 Å². The summed E-state index contributed by atoms with van der Waals surface area (Å²) in [6.07, 6.45) is 7.84. The number of likely N-dealkylation sites (tertiary alicyclic amines) is 1. The van der Waals surface area contributed by atoms with Crippen molar-refractivity contribution in [2.45, 2.75) is 32.3 Å². The van der Waals surface area contributed by atoms with Crippen molar-refractivity contribution in [3.63, 3.8) is 0 Å². The highest BCUT2D eigenvalue weighted by molar-refractivity contribution is 5.67. The number of piperidine rings is 2. The Bertz CT molecular complexity index is 1310. The smallest absolute Gasteiger partial charge is 0.227 e. The van der Waals surface area contributed by atoms with E-state index in [4.69, 9.17) is 18.9 Å². The van der Waals surface area contributed by atoms with Crippen LogP contribution in [-0.4, -0.2) is 69.4 Å². The molecule has 0 unspecified atom stereocenters. The van der Waals surface area contributed by atoms with Crippen LogP contribution in [0.25, 0.3) is 0 Å². The van der Waals surface area contributed by atoms with Crippen LogP contribution in [0.15, 0.2) is 36.7 Å². The van der Waals surface area contributed by atoms with Crippen molar-refractivity contribution in [3.8, 4) is 23.0 Å². The van der Waals surface area contributed by atoms with Crippen LogP contribution in [0, 0.1) is 17.0 Å². The first-order chi connectivity index (χ1) is 19.8. The van der Waals surface area contributed by atoms with Crippen molar-refractivity contribution < 1.29 is 27.7 Å². The highest BCUT2D eigenvalue weighted by atomic mass is 19.1. The Balaban J connectivity index is 1.20. The van der Waals surface area contributed by atoms with Crippen LogP contribution in [0.4, 0.5) is 26.1 Å². The molecule has 0 radical (unpaired) electrons. The van der Waals surface area contributed by atoms with Gasteiger partial charge < -0.3 is 34.1 Å². The predicted molar refractivity (Wildman–Crippen MR) is 153 cm³/mol. The van der Waals surface area contributed by atoms with Gasteiger partial charge in [-0.05, 0) is 63.4 Å². The number of halogens is 2. The van der Waals surface area contributed by atoms with Crippen molar-refractivity contribution >= 4 is 17.3 Å². The third kappa shape index (κ3) is 6.24. The number of rotatable bonds is 9. The Morgan fingerprint density at radius 2 is 1.41 bits per heavy atom. The van der Waals surface area contributed by atoms with Crippen LogP contribution in [0.3, 0.4) is 0 Å². The number of hydrogen-bond donors (Lipinski definition) is 1. The lowest BCUT2D eigenvalue weighted by Crippen LogP contribution is -2.46. The maximum atomic E-state index is 14.6. The number of aromatic nitrogens is 2. The minimum Gasteiger partial charge on any atom is -0.495 e. The van der Waals surface area contributed by atoms with Gasteiger partial charge in [-0.1, -0.05) is 0 Å². The Hall–Kier alpha value is -3.86. The molecule has 1 aromatic heterocycles. The molecule has 2 aliphatic heterocycles. The summed E-state index contributed by atoms with van der Waals surface area (Å²) in [5.41, 5.74) is 2.02. The van der Waals surface area contributed by atoms with Gasteiger partial charge in [0.2, 0.25) is 5.95 Å². The average molecular weight is 570 g/mol. The minimum absolute atomic E-state index is 0.138. The van der Waals surface area contributed by atoms with Crippen molar-refractivity contribution in [1.29, 1.82) is 0 Å². The second kappa shape index (κ2) is 12.3. The molecule has 2 aliphatic rings. The normalized spacial score (nSPS) is 16.9. The van der Waals surface area contributed by atoms with Crippen LogP contribution in [0.2, 0.25) is 0 Å². The molecule has 2 fully saturated rings. The molecule has 41 heavy (non-hydrogen) atoms. The summed E-state index contributed by atoms with van der Waals surface area (Å²) in [5.74, 6) is -0.610. The maximum Gasteiger partial charge on any atom is 0.227 e. The Labute approximate surface area is 239 Å². The number of methoxy groups -OCH3 is 3. The summed E-state index contributed by atoms with van der Waals surface area (Å²) in [7, 11) is 6.47. The molecule has 3 heterocycles. The summed E-state index contributed by atoms with van der Waals surface area (Å²) in [5, 5.41) is 3.17. The number of benzene rings is 2. The lowest BCUT2D eigenvalue weighted by molar-refractivity contribution is 0.0944. The SMILES string of the molecule is COc1cc(Nc2ncc(OCc3c(F)c(OC)cc(OC)c3F)cn2)ccc1N1CCC2(CCN(C)CC2)CC1. The first-order valence-corrected chi connectivity index (χ1v) is 13.8. The van der Waals surface area contributed by atoms with Gasteiger partial charge in [0.25, 0.3) is 0 Å². The van der Waals surface area contributed by atoms with Crippen LogP contribution >= 0.6 is 0 Å². The van der Waals surface area contributed by atoms with Gasteiger partial charge >= 0.3 is 0 Å². The van der Waals surface area contributed by atoms with E-state index in [-0.39, 0.29) is 22.8 Å². The summed E-state index contributed by atoms with van der Waals surface area (Å²) in [6.45, 7) is 4.02. The van der Waals surface area contributed by atoms with E-state index in [1.807, 2.05) is 12.1 Å². The van der Waals surface area contributed by atoms with Gasteiger partial charge in [0.15, 0.2) is 28.9 Å². The van der Waals surface area contributed by atoms with Crippen molar-refractivity contribution in [3.05, 3.63) is 53.9 Å². The summed E-state index contributed by atoms with van der Waals surface area (Å²) in [6, 6.07) is 7.13. The van der Waals surface area contributed by atoms with E-state index in [9.17, 15) is 8.78 Å². The van der Waals surface area contributed by atoms with E-state index in [0.717, 1.165) is 36.3 Å². The van der Waals surface area contributed by atoms with Gasteiger partial charge in [-0.15, -0.1) is 0 Å². The molecule has 0 aliphatic carbocycles. The van der Waals surface area contributed by atoms with E-state index in [0.29, 0.717) is 11.4 Å². The fraction of sp³-hybridized carbons (Fsp3) is 0.467. The van der Waals surface area contributed by atoms with Gasteiger partial charge in [0.1, 0.15) is 12.4 Å². The largest absolute Gasteiger partial charge is 0.495 e. The quantitative estimate of drug-likeness (QED) is 0.364. The summed E-state index contributed by atoms with van der Waals surface area (Å²) in [4.78, 5) is 13.4. The highest BCUT2D eigenvalue weighted by Crippen LogP contribution is 2.43. The zero-order valence-electron chi connectivity index (χ0n) is 24.0. The molecular formula is C30H37F2N5O4. The first-order valence-electron chi connectivity index (χ1n) is 13.8. The van der Waals surface area contributed by atoms with Gasteiger partial charge in [-0.25, -0.2) is 18.7 Å². The molecule has 3 aromatic rings. The maximum absolute atomic E-state index is 14.6. The number of ether oxygens (including phenoxy) is 4. The average Bonchev–Trinajstić information content (AvgIpc) is 3.00. The van der Waals surface area contributed by atoms with E-state index >= 15 is 0 Å². The molecule has 2 aromatic carbocycles. The summed E-state index contributed by atoms with van der Waals surface area (Å²) < 4.78 is 50.5. The molecule has 0 saturated carbocycles. The molecular weight excluding hydrogens is 532 g/mol. The number of nitrogens with zero attached hydrogens (tertiary/aromatic N) is 4. The lowest BCUT2D eigenvalue weighted by atomic mass is 9.71. The first kappa shape index (κ1) is 28.7. The molecule has 9 nitrogen and oxygen atoms in total. The minimum atomic E-state index is -0.853.